The van der Waals surface area contributed by atoms with Crippen LogP contribution in [0.3, 0.4) is 0 Å². The molecule has 0 saturated carbocycles. The van der Waals surface area contributed by atoms with Gasteiger partial charge in [-0.2, -0.15) is 0 Å². The van der Waals surface area contributed by atoms with E-state index in [1.54, 1.807) is 18.2 Å². The van der Waals surface area contributed by atoms with E-state index in [1.165, 1.54) is 0 Å². The molecule has 1 aromatic heterocycles. The van der Waals surface area contributed by atoms with Gasteiger partial charge in [-0.25, -0.2) is 4.79 Å². The Morgan fingerprint density at radius 2 is 2.09 bits per heavy atom. The van der Waals surface area contributed by atoms with Crippen LogP contribution in [0.1, 0.15) is 24.6 Å². The van der Waals surface area contributed by atoms with E-state index in [9.17, 15) is 9.59 Å². The second kappa shape index (κ2) is 8.01. The lowest BCUT2D eigenvalue weighted by Crippen LogP contribution is -2.48. The third kappa shape index (κ3) is 4.48. The Kier molecular flexibility index (Phi) is 6.04. The summed E-state index contributed by atoms with van der Waals surface area (Å²) >= 11 is 0. The summed E-state index contributed by atoms with van der Waals surface area (Å²) in [5, 5.41) is 5.64. The molecule has 3 amide bonds. The molecule has 128 valence electrons. The molecule has 0 aromatic carbocycles. The van der Waals surface area contributed by atoms with Crippen LogP contribution < -0.4 is 10.6 Å². The number of furan rings is 1. The number of urea groups is 1. The van der Waals surface area contributed by atoms with Crippen molar-refractivity contribution in [3.8, 4) is 0 Å². The zero-order chi connectivity index (χ0) is 16.8. The first kappa shape index (κ1) is 17.3. The molecule has 23 heavy (non-hydrogen) atoms. The van der Waals surface area contributed by atoms with Crippen LogP contribution in [0.2, 0.25) is 0 Å². The van der Waals surface area contributed by atoms with Gasteiger partial charge in [0.15, 0.2) is 0 Å². The molecule has 2 heterocycles. The fourth-order valence-corrected chi connectivity index (χ4v) is 2.86. The number of rotatable bonds is 5. The zero-order valence-corrected chi connectivity index (χ0v) is 14.0. The number of piperidine rings is 1. The highest BCUT2D eigenvalue weighted by molar-refractivity contribution is 5.79. The van der Waals surface area contributed by atoms with Crippen LogP contribution in [0.15, 0.2) is 22.8 Å². The minimum atomic E-state index is -0.0845. The van der Waals surface area contributed by atoms with E-state index in [1.807, 2.05) is 31.1 Å². The van der Waals surface area contributed by atoms with Gasteiger partial charge in [-0.15, -0.1) is 0 Å². The van der Waals surface area contributed by atoms with Crippen LogP contribution >= 0.6 is 0 Å². The van der Waals surface area contributed by atoms with Gasteiger partial charge < -0.3 is 20.0 Å². The maximum atomic E-state index is 12.3. The standard InChI is InChI=1S/C16H26N4O3/c1-17-15(21)12-6-8-20(9-7-12)16(22)18-11-13(19(2)3)14-5-4-10-23-14/h4-5,10,12-13H,6-9,11H2,1-3H3,(H,17,21)(H,18,22)/t13-/m1/s1. The van der Waals surface area contributed by atoms with Gasteiger partial charge in [0.2, 0.25) is 5.91 Å². The van der Waals surface area contributed by atoms with Crippen molar-refractivity contribution in [1.82, 2.24) is 20.4 Å². The number of amides is 3. The predicted octanol–water partition coefficient (Wildman–Crippen LogP) is 1.05. The average Bonchev–Trinajstić information content (AvgIpc) is 3.08. The van der Waals surface area contributed by atoms with E-state index in [-0.39, 0.29) is 23.9 Å². The number of likely N-dealkylation sites (tertiary alicyclic amines) is 1. The lowest BCUT2D eigenvalue weighted by molar-refractivity contribution is -0.125. The van der Waals surface area contributed by atoms with E-state index in [0.29, 0.717) is 32.5 Å². The summed E-state index contributed by atoms with van der Waals surface area (Å²) in [6.07, 6.45) is 3.06. The van der Waals surface area contributed by atoms with Crippen LogP contribution in [0, 0.1) is 5.92 Å². The highest BCUT2D eigenvalue weighted by Crippen LogP contribution is 2.19. The van der Waals surface area contributed by atoms with Crippen molar-refractivity contribution >= 4 is 11.9 Å². The normalized spacial score (nSPS) is 17.1. The largest absolute Gasteiger partial charge is 0.468 e. The van der Waals surface area contributed by atoms with Crippen LogP contribution in [-0.4, -0.2) is 62.5 Å². The Morgan fingerprint density at radius 3 is 2.61 bits per heavy atom. The zero-order valence-electron chi connectivity index (χ0n) is 14.0. The van der Waals surface area contributed by atoms with Gasteiger partial charge in [0, 0.05) is 32.6 Å². The molecular weight excluding hydrogens is 296 g/mol. The topological polar surface area (TPSA) is 77.8 Å². The maximum absolute atomic E-state index is 12.3. The Morgan fingerprint density at radius 1 is 1.39 bits per heavy atom. The lowest BCUT2D eigenvalue weighted by atomic mass is 9.96. The number of hydrogen-bond donors (Lipinski definition) is 2. The second-order valence-corrected chi connectivity index (χ2v) is 6.06. The molecule has 7 heteroatoms. The van der Waals surface area contributed by atoms with E-state index < -0.39 is 0 Å². The summed E-state index contributed by atoms with van der Waals surface area (Å²) in [5.74, 6) is 0.908. The fourth-order valence-electron chi connectivity index (χ4n) is 2.86. The summed E-state index contributed by atoms with van der Waals surface area (Å²) in [6.45, 7) is 1.70. The predicted molar refractivity (Wildman–Crippen MR) is 86.9 cm³/mol. The fraction of sp³-hybridized carbons (Fsp3) is 0.625. The van der Waals surface area contributed by atoms with Gasteiger partial charge in [0.1, 0.15) is 5.76 Å². The number of nitrogens with zero attached hydrogens (tertiary/aromatic N) is 2. The van der Waals surface area contributed by atoms with Crippen molar-refractivity contribution in [3.05, 3.63) is 24.2 Å². The maximum Gasteiger partial charge on any atom is 0.317 e. The Balaban J connectivity index is 1.82. The van der Waals surface area contributed by atoms with Crippen molar-refractivity contribution in [3.63, 3.8) is 0 Å². The minimum absolute atomic E-state index is 0.00245. The van der Waals surface area contributed by atoms with Crippen LogP contribution in [0.5, 0.6) is 0 Å². The first-order valence-corrected chi connectivity index (χ1v) is 7.97. The third-order valence-corrected chi connectivity index (χ3v) is 4.34. The van der Waals surface area contributed by atoms with Gasteiger partial charge in [-0.1, -0.05) is 0 Å². The van der Waals surface area contributed by atoms with Crippen LogP contribution in [-0.2, 0) is 4.79 Å². The Bertz CT molecular complexity index is 507. The van der Waals surface area contributed by atoms with Gasteiger partial charge in [0.25, 0.3) is 0 Å². The molecule has 2 rings (SSSR count). The van der Waals surface area contributed by atoms with Crippen LogP contribution in [0.4, 0.5) is 4.79 Å². The first-order chi connectivity index (χ1) is 11.0. The third-order valence-electron chi connectivity index (χ3n) is 4.34. The molecule has 7 nitrogen and oxygen atoms in total. The summed E-state index contributed by atoms with van der Waals surface area (Å²) in [7, 11) is 5.56. The van der Waals surface area contributed by atoms with Gasteiger partial charge in [-0.3, -0.25) is 9.69 Å². The summed E-state index contributed by atoms with van der Waals surface area (Å²) in [4.78, 5) is 27.7. The average molecular weight is 322 g/mol. The smallest absolute Gasteiger partial charge is 0.317 e. The molecule has 1 aliphatic heterocycles. The van der Waals surface area contributed by atoms with Crippen molar-refractivity contribution in [2.24, 2.45) is 5.92 Å². The van der Waals surface area contributed by atoms with E-state index >= 15 is 0 Å². The van der Waals surface area contributed by atoms with Gasteiger partial charge in [0.05, 0.1) is 12.3 Å². The number of carbonyl (C=O) groups is 2. The van der Waals surface area contributed by atoms with E-state index in [2.05, 4.69) is 10.6 Å². The highest BCUT2D eigenvalue weighted by Gasteiger charge is 2.27. The monoisotopic (exact) mass is 322 g/mol. The first-order valence-electron chi connectivity index (χ1n) is 7.97. The van der Waals surface area contributed by atoms with Crippen molar-refractivity contribution < 1.29 is 14.0 Å². The molecule has 0 bridgehead atoms. The number of hydrogen-bond acceptors (Lipinski definition) is 4. The van der Waals surface area contributed by atoms with Crippen molar-refractivity contribution in [2.45, 2.75) is 18.9 Å². The SMILES string of the molecule is CNC(=O)C1CCN(C(=O)NC[C@H](c2ccco2)N(C)C)CC1. The lowest BCUT2D eigenvalue weighted by Gasteiger charge is -2.32. The molecule has 1 atom stereocenters. The summed E-state index contributed by atoms with van der Waals surface area (Å²) in [5.41, 5.74) is 0. The molecule has 1 saturated heterocycles. The number of likely N-dealkylation sites (N-methyl/N-ethyl adjacent to an activating group) is 1. The molecular formula is C16H26N4O3. The molecule has 0 aliphatic carbocycles. The van der Waals surface area contributed by atoms with Gasteiger partial charge in [-0.05, 0) is 39.1 Å². The van der Waals surface area contributed by atoms with E-state index in [0.717, 1.165) is 5.76 Å². The molecule has 2 N–H and O–H groups in total. The van der Waals surface area contributed by atoms with Crippen molar-refractivity contribution in [2.75, 3.05) is 40.8 Å². The second-order valence-electron chi connectivity index (χ2n) is 6.06. The number of nitrogens with one attached hydrogen (secondary N) is 2. The number of carbonyl (C=O) groups excluding carboxylic acids is 2. The highest BCUT2D eigenvalue weighted by atomic mass is 16.3. The molecule has 0 unspecified atom stereocenters. The van der Waals surface area contributed by atoms with Crippen molar-refractivity contribution in [1.29, 1.82) is 0 Å². The Labute approximate surface area is 137 Å². The molecule has 1 aromatic rings. The summed E-state index contributed by atoms with van der Waals surface area (Å²) < 4.78 is 5.44. The summed E-state index contributed by atoms with van der Waals surface area (Å²) in [6, 6.07) is 3.67. The molecule has 1 fully saturated rings. The van der Waals surface area contributed by atoms with E-state index in [4.69, 9.17) is 4.42 Å². The molecule has 0 radical (unpaired) electrons. The minimum Gasteiger partial charge on any atom is -0.468 e. The quantitative estimate of drug-likeness (QED) is 0.849. The molecule has 0 spiro atoms. The van der Waals surface area contributed by atoms with Crippen LogP contribution in [0.25, 0.3) is 0 Å². The molecule has 1 aliphatic rings. The van der Waals surface area contributed by atoms with Gasteiger partial charge >= 0.3 is 6.03 Å². The Hall–Kier alpha value is -2.02.